The molecule has 100 valence electrons. The molecule has 18 heavy (non-hydrogen) atoms. The lowest BCUT2D eigenvalue weighted by molar-refractivity contribution is 0.538. The number of nitrogens with zero attached hydrogens (tertiary/aromatic N) is 2. The molecule has 1 aromatic heterocycles. The first-order valence-electron chi connectivity index (χ1n) is 6.73. The molecule has 1 aliphatic rings. The van der Waals surface area contributed by atoms with Gasteiger partial charge in [-0.15, -0.1) is 5.10 Å². The van der Waals surface area contributed by atoms with E-state index in [0.29, 0.717) is 6.04 Å². The minimum Gasteiger partial charge on any atom is -0.309 e. The lowest BCUT2D eigenvalue weighted by Crippen LogP contribution is -2.23. The fraction of sp³-hybridized carbons (Fsp3) is 0.714. The van der Waals surface area contributed by atoms with Crippen LogP contribution in [-0.4, -0.2) is 16.6 Å². The zero-order valence-electron chi connectivity index (χ0n) is 11.8. The number of nitrogens with one attached hydrogen (secondary N) is 1. The van der Waals surface area contributed by atoms with E-state index in [-0.39, 0.29) is 5.41 Å². The highest BCUT2D eigenvalue weighted by molar-refractivity contribution is 7.05. The van der Waals surface area contributed by atoms with Gasteiger partial charge in [-0.3, -0.25) is 0 Å². The summed E-state index contributed by atoms with van der Waals surface area (Å²) >= 11 is 1.54. The average molecular weight is 265 g/mol. The Morgan fingerprint density at radius 1 is 1.33 bits per heavy atom. The van der Waals surface area contributed by atoms with E-state index in [1.807, 2.05) is 7.05 Å². The molecule has 1 aliphatic carbocycles. The van der Waals surface area contributed by atoms with Gasteiger partial charge < -0.3 is 5.32 Å². The third-order valence-electron chi connectivity index (χ3n) is 3.47. The Morgan fingerprint density at radius 3 is 2.67 bits per heavy atom. The topological polar surface area (TPSA) is 37.8 Å². The van der Waals surface area contributed by atoms with Crippen LogP contribution in [0.4, 0.5) is 0 Å². The van der Waals surface area contributed by atoms with E-state index < -0.39 is 0 Å². The molecule has 0 saturated carbocycles. The van der Waals surface area contributed by atoms with Crippen molar-refractivity contribution >= 4 is 11.5 Å². The van der Waals surface area contributed by atoms with Crippen LogP contribution in [0.2, 0.25) is 0 Å². The number of allylic oxidation sites excluding steroid dienone is 1. The van der Waals surface area contributed by atoms with Crippen molar-refractivity contribution in [3.63, 3.8) is 0 Å². The number of hydrogen-bond donors (Lipinski definition) is 1. The van der Waals surface area contributed by atoms with Gasteiger partial charge in [0.05, 0.1) is 16.6 Å². The molecule has 0 amide bonds. The summed E-state index contributed by atoms with van der Waals surface area (Å²) in [4.78, 5) is 1.29. The van der Waals surface area contributed by atoms with Crippen molar-refractivity contribution in [2.75, 3.05) is 7.05 Å². The molecular weight excluding hydrogens is 242 g/mol. The first kappa shape index (κ1) is 13.7. The van der Waals surface area contributed by atoms with Crippen LogP contribution in [0.3, 0.4) is 0 Å². The Kier molecular flexibility index (Phi) is 4.17. The van der Waals surface area contributed by atoms with E-state index in [0.717, 1.165) is 5.69 Å². The summed E-state index contributed by atoms with van der Waals surface area (Å²) in [5, 5.41) is 7.80. The van der Waals surface area contributed by atoms with E-state index in [4.69, 9.17) is 0 Å². The van der Waals surface area contributed by atoms with Gasteiger partial charge in [-0.2, -0.15) is 0 Å². The molecule has 1 atom stereocenters. The quantitative estimate of drug-likeness (QED) is 0.849. The summed E-state index contributed by atoms with van der Waals surface area (Å²) in [6.07, 6.45) is 7.45. The van der Waals surface area contributed by atoms with Gasteiger partial charge >= 0.3 is 0 Å². The van der Waals surface area contributed by atoms with Crippen LogP contribution >= 0.6 is 11.5 Å². The Hall–Kier alpha value is -0.740. The Balaban J connectivity index is 2.33. The van der Waals surface area contributed by atoms with Crippen LogP contribution in [-0.2, 0) is 5.41 Å². The summed E-state index contributed by atoms with van der Waals surface area (Å²) < 4.78 is 4.18. The second-order valence-electron chi connectivity index (χ2n) is 5.98. The van der Waals surface area contributed by atoms with E-state index in [9.17, 15) is 0 Å². The summed E-state index contributed by atoms with van der Waals surface area (Å²) in [6.45, 7) is 6.61. The molecule has 0 aliphatic heterocycles. The number of rotatable bonds is 3. The Labute approximate surface area is 114 Å². The molecule has 0 spiro atoms. The van der Waals surface area contributed by atoms with Gasteiger partial charge in [0.1, 0.15) is 0 Å². The van der Waals surface area contributed by atoms with E-state index in [1.54, 1.807) is 0 Å². The molecule has 2 rings (SSSR count). The third-order valence-corrected chi connectivity index (χ3v) is 4.26. The van der Waals surface area contributed by atoms with E-state index in [1.165, 1.54) is 47.7 Å². The minimum atomic E-state index is 0.0622. The van der Waals surface area contributed by atoms with Crippen molar-refractivity contribution < 1.29 is 0 Å². The number of aromatic nitrogens is 2. The molecule has 1 unspecified atom stereocenters. The van der Waals surface area contributed by atoms with Gasteiger partial charge in [0.15, 0.2) is 0 Å². The van der Waals surface area contributed by atoms with Crippen LogP contribution in [0.5, 0.6) is 0 Å². The second-order valence-corrected chi connectivity index (χ2v) is 6.77. The fourth-order valence-corrected chi connectivity index (χ4v) is 3.54. The minimum absolute atomic E-state index is 0.0622. The molecule has 0 bridgehead atoms. The van der Waals surface area contributed by atoms with E-state index in [2.05, 4.69) is 41.8 Å². The monoisotopic (exact) mass is 265 g/mol. The molecule has 1 aromatic rings. The highest BCUT2D eigenvalue weighted by Crippen LogP contribution is 2.36. The van der Waals surface area contributed by atoms with Crippen LogP contribution in [0.15, 0.2) is 11.6 Å². The average Bonchev–Trinajstić information content (AvgIpc) is 2.80. The highest BCUT2D eigenvalue weighted by Gasteiger charge is 2.28. The Morgan fingerprint density at radius 2 is 2.11 bits per heavy atom. The zero-order valence-corrected chi connectivity index (χ0v) is 12.6. The predicted molar refractivity (Wildman–Crippen MR) is 77.0 cm³/mol. The van der Waals surface area contributed by atoms with Gasteiger partial charge in [0.25, 0.3) is 0 Å². The maximum absolute atomic E-state index is 4.35. The predicted octanol–water partition coefficient (Wildman–Crippen LogP) is 3.60. The Bertz CT molecular complexity index is 428. The van der Waals surface area contributed by atoms with Crippen molar-refractivity contribution in [1.82, 2.24) is 14.9 Å². The summed E-state index contributed by atoms with van der Waals surface area (Å²) in [5.41, 5.74) is 2.71. The van der Waals surface area contributed by atoms with Gasteiger partial charge in [-0.05, 0) is 44.3 Å². The molecule has 0 aromatic carbocycles. The largest absolute Gasteiger partial charge is 0.309 e. The third kappa shape index (κ3) is 2.81. The first-order chi connectivity index (χ1) is 8.54. The molecule has 3 nitrogen and oxygen atoms in total. The van der Waals surface area contributed by atoms with Gasteiger partial charge in [-0.25, -0.2) is 0 Å². The molecule has 0 saturated heterocycles. The highest BCUT2D eigenvalue weighted by atomic mass is 32.1. The van der Waals surface area contributed by atoms with Crippen molar-refractivity contribution in [3.05, 3.63) is 22.2 Å². The lowest BCUT2D eigenvalue weighted by Gasteiger charge is -2.25. The van der Waals surface area contributed by atoms with Crippen molar-refractivity contribution in [1.29, 1.82) is 0 Å². The molecule has 1 heterocycles. The van der Waals surface area contributed by atoms with Crippen molar-refractivity contribution in [3.8, 4) is 0 Å². The van der Waals surface area contributed by atoms with Crippen molar-refractivity contribution in [2.24, 2.45) is 0 Å². The van der Waals surface area contributed by atoms with Crippen LogP contribution in [0.25, 0.3) is 0 Å². The summed E-state index contributed by atoms with van der Waals surface area (Å²) in [7, 11) is 2.03. The molecule has 1 N–H and O–H groups in total. The van der Waals surface area contributed by atoms with Gasteiger partial charge in [-0.1, -0.05) is 36.9 Å². The molecule has 0 radical (unpaired) electrons. The molecule has 4 heteroatoms. The van der Waals surface area contributed by atoms with Crippen molar-refractivity contribution in [2.45, 2.75) is 57.9 Å². The lowest BCUT2D eigenvalue weighted by atomic mass is 9.86. The fourth-order valence-electron chi connectivity index (χ4n) is 2.52. The maximum Gasteiger partial charge on any atom is 0.0860 e. The standard InChI is InChI=1S/C14H23N3S/c1-14(2,3)13-12(18-17-16-13)11(15-4)10-8-6-5-7-9-10/h8,11,15H,5-7,9H2,1-4H3. The molecule has 0 fully saturated rings. The summed E-state index contributed by atoms with van der Waals surface area (Å²) in [6, 6.07) is 0.305. The maximum atomic E-state index is 4.35. The summed E-state index contributed by atoms with van der Waals surface area (Å²) in [5.74, 6) is 0. The van der Waals surface area contributed by atoms with Crippen LogP contribution in [0.1, 0.15) is 63.1 Å². The smallest absolute Gasteiger partial charge is 0.0860 e. The normalized spacial score (nSPS) is 18.6. The number of likely N-dealkylation sites (N-methyl/N-ethyl adjacent to an activating group) is 1. The SMILES string of the molecule is CNC(C1=CCCCC1)c1snnc1C(C)(C)C. The first-order valence-corrected chi connectivity index (χ1v) is 7.50. The van der Waals surface area contributed by atoms with Gasteiger partial charge in [0, 0.05) is 5.41 Å². The molecular formula is C14H23N3S. The van der Waals surface area contributed by atoms with Crippen LogP contribution in [0, 0.1) is 0 Å². The second kappa shape index (κ2) is 5.49. The van der Waals surface area contributed by atoms with E-state index >= 15 is 0 Å². The van der Waals surface area contributed by atoms with Crippen LogP contribution < -0.4 is 5.32 Å². The van der Waals surface area contributed by atoms with Gasteiger partial charge in [0.2, 0.25) is 0 Å². The number of hydrogen-bond acceptors (Lipinski definition) is 4. The zero-order chi connectivity index (χ0) is 13.2.